The molecule has 0 aliphatic heterocycles. The Morgan fingerprint density at radius 2 is 1.50 bits per heavy atom. The van der Waals surface area contributed by atoms with Gasteiger partial charge in [-0.25, -0.2) is 0 Å². The molecule has 0 fully saturated rings. The fourth-order valence-corrected chi connectivity index (χ4v) is 1.57. The monoisotopic (exact) mass is 255 g/mol. The van der Waals surface area contributed by atoms with Gasteiger partial charge in [0, 0.05) is 17.6 Å². The van der Waals surface area contributed by atoms with Crippen LogP contribution in [-0.2, 0) is 6.18 Å². The molecule has 0 bridgehead atoms. The summed E-state index contributed by atoms with van der Waals surface area (Å²) in [6.45, 7) is 5.90. The molecule has 0 unspecified atom stereocenters. The minimum absolute atomic E-state index is 0.624. The summed E-state index contributed by atoms with van der Waals surface area (Å²) in [6.07, 6.45) is -2.46. The van der Waals surface area contributed by atoms with Gasteiger partial charge in [0.25, 0.3) is 0 Å². The molecule has 18 heavy (non-hydrogen) atoms. The van der Waals surface area contributed by atoms with Gasteiger partial charge in [0.1, 0.15) is 0 Å². The van der Waals surface area contributed by atoms with Crippen LogP contribution in [0, 0.1) is 6.92 Å². The second kappa shape index (κ2) is 5.76. The zero-order chi connectivity index (χ0) is 13.8. The first kappa shape index (κ1) is 14.4. The van der Waals surface area contributed by atoms with Crippen molar-refractivity contribution in [2.45, 2.75) is 26.9 Å². The van der Waals surface area contributed by atoms with E-state index >= 15 is 0 Å². The highest BCUT2D eigenvalue weighted by Gasteiger charge is 2.29. The van der Waals surface area contributed by atoms with Crippen molar-refractivity contribution in [1.82, 2.24) is 4.57 Å². The Kier molecular flexibility index (Phi) is 4.59. The van der Waals surface area contributed by atoms with E-state index in [1.807, 2.05) is 43.7 Å². The van der Waals surface area contributed by atoms with Gasteiger partial charge in [-0.2, -0.15) is 13.2 Å². The maximum atomic E-state index is 12.3. The lowest BCUT2D eigenvalue weighted by Crippen LogP contribution is -2.05. The van der Waals surface area contributed by atoms with E-state index in [0.717, 1.165) is 23.5 Å². The number of halogens is 3. The van der Waals surface area contributed by atoms with Crippen molar-refractivity contribution >= 4 is 0 Å². The summed E-state index contributed by atoms with van der Waals surface area (Å²) in [5, 5.41) is 0. The molecule has 0 saturated heterocycles. The van der Waals surface area contributed by atoms with Gasteiger partial charge in [0.15, 0.2) is 0 Å². The lowest BCUT2D eigenvalue weighted by Gasteiger charge is -2.09. The standard InChI is InChI=1S/C12H10F3N.C2H6/c1-9-3-2-8-16(9)11-6-4-10(5-7-11)12(13,14)15;1-2/h2-8H,1H3;1-2H3. The number of hydrogen-bond acceptors (Lipinski definition) is 0. The highest BCUT2D eigenvalue weighted by atomic mass is 19.4. The fraction of sp³-hybridized carbons (Fsp3) is 0.286. The third kappa shape index (κ3) is 3.15. The van der Waals surface area contributed by atoms with Crippen molar-refractivity contribution in [1.29, 1.82) is 0 Å². The summed E-state index contributed by atoms with van der Waals surface area (Å²) in [6, 6.07) is 8.87. The maximum absolute atomic E-state index is 12.3. The summed E-state index contributed by atoms with van der Waals surface area (Å²) in [5.41, 5.74) is 1.09. The van der Waals surface area contributed by atoms with Crippen LogP contribution in [0.25, 0.3) is 5.69 Å². The largest absolute Gasteiger partial charge is 0.416 e. The SMILES string of the molecule is CC.Cc1cccn1-c1ccc(C(F)(F)F)cc1. The molecule has 2 aromatic rings. The van der Waals surface area contributed by atoms with Crippen LogP contribution in [0.1, 0.15) is 25.1 Å². The van der Waals surface area contributed by atoms with Crippen molar-refractivity contribution in [3.63, 3.8) is 0 Å². The van der Waals surface area contributed by atoms with Gasteiger partial charge < -0.3 is 4.57 Å². The molecule has 1 aromatic carbocycles. The lowest BCUT2D eigenvalue weighted by molar-refractivity contribution is -0.137. The first-order valence-electron chi connectivity index (χ1n) is 5.80. The minimum atomic E-state index is -4.27. The molecule has 0 atom stereocenters. The zero-order valence-electron chi connectivity index (χ0n) is 10.6. The van der Waals surface area contributed by atoms with E-state index in [9.17, 15) is 13.2 Å². The number of alkyl halides is 3. The zero-order valence-corrected chi connectivity index (χ0v) is 10.6. The van der Waals surface area contributed by atoms with E-state index in [1.54, 1.807) is 0 Å². The van der Waals surface area contributed by atoms with E-state index in [2.05, 4.69) is 0 Å². The molecule has 4 heteroatoms. The predicted molar refractivity (Wildman–Crippen MR) is 66.9 cm³/mol. The minimum Gasteiger partial charge on any atom is -0.321 e. The average Bonchev–Trinajstić information content (AvgIpc) is 2.77. The van der Waals surface area contributed by atoms with Gasteiger partial charge in [-0.15, -0.1) is 0 Å². The Labute approximate surface area is 105 Å². The molecule has 0 radical (unpaired) electrons. The van der Waals surface area contributed by atoms with Crippen LogP contribution in [-0.4, -0.2) is 4.57 Å². The quantitative estimate of drug-likeness (QED) is 0.687. The summed E-state index contributed by atoms with van der Waals surface area (Å²) < 4.78 is 38.8. The Morgan fingerprint density at radius 3 is 1.89 bits per heavy atom. The highest BCUT2D eigenvalue weighted by Crippen LogP contribution is 2.29. The molecule has 0 aliphatic rings. The van der Waals surface area contributed by atoms with Gasteiger partial charge in [-0.3, -0.25) is 0 Å². The second-order valence-electron chi connectivity index (χ2n) is 3.56. The third-order valence-corrected chi connectivity index (χ3v) is 2.43. The Bertz CT molecular complexity index is 480. The van der Waals surface area contributed by atoms with Crippen molar-refractivity contribution < 1.29 is 13.2 Å². The molecule has 0 saturated carbocycles. The predicted octanol–water partition coefficient (Wildman–Crippen LogP) is 4.83. The first-order chi connectivity index (χ1) is 8.48. The number of aromatic nitrogens is 1. The number of benzene rings is 1. The third-order valence-electron chi connectivity index (χ3n) is 2.43. The van der Waals surface area contributed by atoms with Crippen molar-refractivity contribution in [2.75, 3.05) is 0 Å². The average molecular weight is 255 g/mol. The van der Waals surface area contributed by atoms with E-state index in [4.69, 9.17) is 0 Å². The van der Waals surface area contributed by atoms with Crippen LogP contribution in [0.4, 0.5) is 13.2 Å². The molecular formula is C14H16F3N. The molecule has 1 aromatic heterocycles. The van der Waals surface area contributed by atoms with Crippen molar-refractivity contribution in [3.8, 4) is 5.69 Å². The first-order valence-corrected chi connectivity index (χ1v) is 5.80. The Hall–Kier alpha value is -1.71. The van der Waals surface area contributed by atoms with E-state index in [1.165, 1.54) is 12.1 Å². The van der Waals surface area contributed by atoms with Crippen LogP contribution in [0.2, 0.25) is 0 Å². The van der Waals surface area contributed by atoms with Gasteiger partial charge >= 0.3 is 6.18 Å². The van der Waals surface area contributed by atoms with Gasteiger partial charge in [-0.05, 0) is 43.3 Å². The number of nitrogens with zero attached hydrogens (tertiary/aromatic N) is 1. The van der Waals surface area contributed by atoms with E-state index in [-0.39, 0.29) is 0 Å². The lowest BCUT2D eigenvalue weighted by atomic mass is 10.2. The summed E-state index contributed by atoms with van der Waals surface area (Å²) in [4.78, 5) is 0. The summed E-state index contributed by atoms with van der Waals surface area (Å²) >= 11 is 0. The number of aryl methyl sites for hydroxylation is 1. The molecule has 0 amide bonds. The molecule has 0 aliphatic carbocycles. The van der Waals surface area contributed by atoms with Crippen LogP contribution >= 0.6 is 0 Å². The van der Waals surface area contributed by atoms with Crippen LogP contribution < -0.4 is 0 Å². The molecule has 1 heterocycles. The van der Waals surface area contributed by atoms with Gasteiger partial charge in [0.05, 0.1) is 5.56 Å². The Balaban J connectivity index is 0.000000771. The molecule has 2 rings (SSSR count). The Morgan fingerprint density at radius 1 is 0.944 bits per heavy atom. The summed E-state index contributed by atoms with van der Waals surface area (Å²) in [7, 11) is 0. The number of rotatable bonds is 1. The highest BCUT2D eigenvalue weighted by molar-refractivity contribution is 5.37. The van der Waals surface area contributed by atoms with E-state index in [0.29, 0.717) is 0 Å². The van der Waals surface area contributed by atoms with Crippen LogP contribution in [0.5, 0.6) is 0 Å². The maximum Gasteiger partial charge on any atom is 0.416 e. The normalized spacial score (nSPS) is 10.8. The van der Waals surface area contributed by atoms with E-state index < -0.39 is 11.7 Å². The van der Waals surface area contributed by atoms with Crippen molar-refractivity contribution in [2.24, 2.45) is 0 Å². The van der Waals surface area contributed by atoms with Gasteiger partial charge in [-0.1, -0.05) is 13.8 Å². The topological polar surface area (TPSA) is 4.93 Å². The van der Waals surface area contributed by atoms with Crippen LogP contribution in [0.15, 0.2) is 42.6 Å². The van der Waals surface area contributed by atoms with Crippen molar-refractivity contribution in [3.05, 3.63) is 53.9 Å². The molecular weight excluding hydrogens is 239 g/mol. The summed E-state index contributed by atoms with van der Waals surface area (Å²) in [5.74, 6) is 0. The fourth-order valence-electron chi connectivity index (χ4n) is 1.57. The smallest absolute Gasteiger partial charge is 0.321 e. The molecule has 0 spiro atoms. The van der Waals surface area contributed by atoms with Crippen LogP contribution in [0.3, 0.4) is 0 Å². The second-order valence-corrected chi connectivity index (χ2v) is 3.56. The molecule has 98 valence electrons. The number of hydrogen-bond donors (Lipinski definition) is 0. The molecule has 1 nitrogen and oxygen atoms in total. The molecule has 0 N–H and O–H groups in total. The van der Waals surface area contributed by atoms with Gasteiger partial charge in [0.2, 0.25) is 0 Å².